The summed E-state index contributed by atoms with van der Waals surface area (Å²) in [4.78, 5) is 23.0. The fraction of sp³-hybridized carbons (Fsp3) is 0.273. The fourth-order valence-electron chi connectivity index (χ4n) is 1.17. The van der Waals surface area contributed by atoms with Gasteiger partial charge in [-0.3, -0.25) is 9.59 Å². The van der Waals surface area contributed by atoms with Crippen LogP contribution in [0.3, 0.4) is 0 Å². The van der Waals surface area contributed by atoms with Gasteiger partial charge in [0.25, 0.3) is 0 Å². The first kappa shape index (κ1) is 13.5. The number of thioether (sulfide) groups is 1. The second kappa shape index (κ2) is 6.27. The molecule has 1 aromatic rings. The van der Waals surface area contributed by atoms with E-state index in [1.165, 1.54) is 0 Å². The second-order valence-electron chi connectivity index (χ2n) is 3.43. The molecular formula is C11H14N2O3S. The summed E-state index contributed by atoms with van der Waals surface area (Å²) in [5, 5.41) is 11.1. The van der Waals surface area contributed by atoms with Gasteiger partial charge in [-0.25, -0.2) is 0 Å². The number of anilines is 1. The fourth-order valence-corrected chi connectivity index (χ4v) is 1.58. The van der Waals surface area contributed by atoms with Crippen LogP contribution < -0.4 is 11.1 Å². The van der Waals surface area contributed by atoms with Crippen molar-refractivity contribution in [2.24, 2.45) is 5.73 Å². The summed E-state index contributed by atoms with van der Waals surface area (Å²) in [5.74, 6) is -1.59. The smallest absolute Gasteiger partial charge is 0.321 e. The molecule has 0 aliphatic heterocycles. The van der Waals surface area contributed by atoms with Crippen LogP contribution in [0, 0.1) is 0 Å². The van der Waals surface area contributed by atoms with Crippen LogP contribution in [-0.2, 0) is 9.59 Å². The van der Waals surface area contributed by atoms with E-state index in [9.17, 15) is 9.59 Å². The third-order valence-electron chi connectivity index (χ3n) is 2.10. The molecule has 1 amide bonds. The highest BCUT2D eigenvalue weighted by atomic mass is 32.2. The Kier molecular flexibility index (Phi) is 4.99. The zero-order chi connectivity index (χ0) is 12.8. The minimum absolute atomic E-state index is 0.236. The van der Waals surface area contributed by atoms with Gasteiger partial charge in [0.2, 0.25) is 5.91 Å². The monoisotopic (exact) mass is 254 g/mol. The number of carboxylic acid groups (broad SMARTS) is 1. The van der Waals surface area contributed by atoms with Crippen molar-refractivity contribution in [3.63, 3.8) is 0 Å². The van der Waals surface area contributed by atoms with E-state index in [1.54, 1.807) is 23.9 Å². The number of hydrogen-bond acceptors (Lipinski definition) is 4. The van der Waals surface area contributed by atoms with Gasteiger partial charge in [-0.15, -0.1) is 11.8 Å². The summed E-state index contributed by atoms with van der Waals surface area (Å²) in [6.45, 7) is 0. The number of carbonyl (C=O) groups excluding carboxylic acids is 1. The molecule has 92 valence electrons. The first-order valence-corrected chi connectivity index (χ1v) is 6.17. The summed E-state index contributed by atoms with van der Waals surface area (Å²) in [6.07, 6.45) is 1.72. The Hall–Kier alpha value is -1.53. The molecule has 5 nitrogen and oxygen atoms in total. The summed E-state index contributed by atoms with van der Waals surface area (Å²) in [6, 6.07) is 6.10. The molecule has 6 heteroatoms. The molecule has 0 saturated heterocycles. The van der Waals surface area contributed by atoms with E-state index in [0.717, 1.165) is 4.90 Å². The number of nitrogens with two attached hydrogens (primary N) is 1. The van der Waals surface area contributed by atoms with Crippen molar-refractivity contribution in [2.45, 2.75) is 17.4 Å². The Bertz CT molecular complexity index is 406. The molecule has 1 atom stereocenters. The number of rotatable bonds is 5. The lowest BCUT2D eigenvalue weighted by Crippen LogP contribution is -2.34. The van der Waals surface area contributed by atoms with E-state index in [0.29, 0.717) is 5.69 Å². The van der Waals surface area contributed by atoms with Gasteiger partial charge in [-0.2, -0.15) is 0 Å². The highest BCUT2D eigenvalue weighted by Crippen LogP contribution is 2.17. The van der Waals surface area contributed by atoms with Gasteiger partial charge < -0.3 is 16.2 Å². The summed E-state index contributed by atoms with van der Waals surface area (Å²) in [7, 11) is 0. The van der Waals surface area contributed by atoms with Crippen LogP contribution in [0.15, 0.2) is 29.2 Å². The molecule has 0 saturated carbocycles. The molecule has 0 aliphatic rings. The Morgan fingerprint density at radius 1 is 1.41 bits per heavy atom. The van der Waals surface area contributed by atoms with E-state index in [4.69, 9.17) is 10.8 Å². The summed E-state index contributed by atoms with van der Waals surface area (Å²) >= 11 is 1.60. The van der Waals surface area contributed by atoms with E-state index in [1.807, 2.05) is 18.4 Å². The number of hydrogen-bond donors (Lipinski definition) is 3. The molecule has 0 spiro atoms. The Morgan fingerprint density at radius 2 is 2.00 bits per heavy atom. The number of nitrogens with one attached hydrogen (secondary N) is 1. The Labute approximate surface area is 103 Å². The largest absolute Gasteiger partial charge is 0.480 e. The lowest BCUT2D eigenvalue weighted by atomic mass is 10.2. The van der Waals surface area contributed by atoms with Crippen LogP contribution in [0.25, 0.3) is 0 Å². The first-order valence-electron chi connectivity index (χ1n) is 4.95. The van der Waals surface area contributed by atoms with Crippen molar-refractivity contribution in [3.8, 4) is 0 Å². The number of benzene rings is 1. The molecule has 0 heterocycles. The Balaban J connectivity index is 2.53. The first-order chi connectivity index (χ1) is 8.02. The lowest BCUT2D eigenvalue weighted by Gasteiger charge is -2.08. The summed E-state index contributed by atoms with van der Waals surface area (Å²) < 4.78 is 0. The molecule has 1 rings (SSSR count). The van der Waals surface area contributed by atoms with Crippen molar-refractivity contribution in [3.05, 3.63) is 24.3 Å². The van der Waals surface area contributed by atoms with Gasteiger partial charge in [0.15, 0.2) is 0 Å². The van der Waals surface area contributed by atoms with Gasteiger partial charge in [0, 0.05) is 10.6 Å². The van der Waals surface area contributed by atoms with Crippen LogP contribution in [-0.4, -0.2) is 29.3 Å². The van der Waals surface area contributed by atoms with E-state index < -0.39 is 17.9 Å². The van der Waals surface area contributed by atoms with Crippen LogP contribution in [0.5, 0.6) is 0 Å². The van der Waals surface area contributed by atoms with E-state index in [2.05, 4.69) is 5.32 Å². The van der Waals surface area contributed by atoms with E-state index >= 15 is 0 Å². The Morgan fingerprint density at radius 3 is 2.47 bits per heavy atom. The van der Waals surface area contributed by atoms with E-state index in [-0.39, 0.29) is 6.42 Å². The highest BCUT2D eigenvalue weighted by molar-refractivity contribution is 7.98. The zero-order valence-electron chi connectivity index (χ0n) is 9.34. The van der Waals surface area contributed by atoms with Crippen molar-refractivity contribution < 1.29 is 14.7 Å². The van der Waals surface area contributed by atoms with Gasteiger partial charge in [0.1, 0.15) is 6.04 Å². The maximum Gasteiger partial charge on any atom is 0.321 e. The number of aliphatic carboxylic acids is 1. The summed E-state index contributed by atoms with van der Waals surface area (Å²) in [5.41, 5.74) is 5.88. The third-order valence-corrected chi connectivity index (χ3v) is 2.84. The average Bonchev–Trinajstić information content (AvgIpc) is 2.29. The molecule has 0 radical (unpaired) electrons. The molecule has 0 aliphatic carbocycles. The standard InChI is InChI=1S/C11H14N2O3S/c1-17-8-4-2-7(3-5-8)13-10(14)6-9(12)11(15)16/h2-5,9H,6,12H2,1H3,(H,13,14)(H,15,16). The quantitative estimate of drug-likeness (QED) is 0.685. The normalized spacial score (nSPS) is 11.9. The minimum atomic E-state index is -1.18. The molecule has 4 N–H and O–H groups in total. The van der Waals surface area contributed by atoms with Crippen LogP contribution in [0.2, 0.25) is 0 Å². The molecule has 17 heavy (non-hydrogen) atoms. The SMILES string of the molecule is CSc1ccc(NC(=O)CC(N)C(=O)O)cc1. The van der Waals surface area contributed by atoms with Crippen molar-refractivity contribution in [1.29, 1.82) is 0 Å². The van der Waals surface area contributed by atoms with Crippen LogP contribution >= 0.6 is 11.8 Å². The maximum absolute atomic E-state index is 11.4. The highest BCUT2D eigenvalue weighted by Gasteiger charge is 2.16. The molecule has 0 bridgehead atoms. The topological polar surface area (TPSA) is 92.4 Å². The molecular weight excluding hydrogens is 240 g/mol. The second-order valence-corrected chi connectivity index (χ2v) is 4.31. The van der Waals surface area contributed by atoms with Crippen molar-refractivity contribution in [2.75, 3.05) is 11.6 Å². The number of carbonyl (C=O) groups is 2. The predicted octanol–water partition coefficient (Wildman–Crippen LogP) is 1.15. The average molecular weight is 254 g/mol. The van der Waals surface area contributed by atoms with Crippen molar-refractivity contribution >= 4 is 29.3 Å². The van der Waals surface area contributed by atoms with Gasteiger partial charge in [-0.1, -0.05) is 0 Å². The maximum atomic E-state index is 11.4. The predicted molar refractivity (Wildman–Crippen MR) is 67.1 cm³/mol. The lowest BCUT2D eigenvalue weighted by molar-refractivity contribution is -0.140. The van der Waals surface area contributed by atoms with Gasteiger partial charge >= 0.3 is 5.97 Å². The third kappa shape index (κ3) is 4.46. The molecule has 1 aromatic carbocycles. The van der Waals surface area contributed by atoms with Gasteiger partial charge in [0.05, 0.1) is 6.42 Å². The number of carboxylic acids is 1. The van der Waals surface area contributed by atoms with Crippen LogP contribution in [0.1, 0.15) is 6.42 Å². The van der Waals surface area contributed by atoms with Gasteiger partial charge in [-0.05, 0) is 30.5 Å². The number of amides is 1. The van der Waals surface area contributed by atoms with Crippen LogP contribution in [0.4, 0.5) is 5.69 Å². The zero-order valence-corrected chi connectivity index (χ0v) is 10.2. The molecule has 0 fully saturated rings. The molecule has 0 aromatic heterocycles. The minimum Gasteiger partial charge on any atom is -0.480 e. The van der Waals surface area contributed by atoms with Crippen molar-refractivity contribution in [1.82, 2.24) is 0 Å². The molecule has 1 unspecified atom stereocenters.